The van der Waals surface area contributed by atoms with Crippen molar-refractivity contribution in [2.45, 2.75) is 32.2 Å². The third kappa shape index (κ3) is 6.71. The molecule has 5 heteroatoms. The Morgan fingerprint density at radius 2 is 1.94 bits per heavy atom. The molecule has 102 valence electrons. The van der Waals surface area contributed by atoms with Gasteiger partial charge in [0.25, 0.3) is 0 Å². The first kappa shape index (κ1) is 15.1. The van der Waals surface area contributed by atoms with Gasteiger partial charge in [-0.15, -0.1) is 0 Å². The van der Waals surface area contributed by atoms with Crippen LogP contribution in [-0.4, -0.2) is 38.0 Å². The monoisotopic (exact) mass is 270 g/mol. The summed E-state index contributed by atoms with van der Waals surface area (Å²) in [6.07, 6.45) is 7.44. The molecule has 1 heterocycles. The van der Waals surface area contributed by atoms with E-state index in [0.29, 0.717) is 6.42 Å². The average molecular weight is 270 g/mol. The summed E-state index contributed by atoms with van der Waals surface area (Å²) in [7, 11) is -2.87. The summed E-state index contributed by atoms with van der Waals surface area (Å²) in [5, 5.41) is 3.35. The molecule has 0 saturated heterocycles. The molecule has 1 aromatic rings. The molecule has 1 atom stereocenters. The van der Waals surface area contributed by atoms with Gasteiger partial charge in [0, 0.05) is 24.7 Å². The lowest BCUT2D eigenvalue weighted by molar-refractivity contribution is 0.478. The summed E-state index contributed by atoms with van der Waals surface area (Å²) in [4.78, 5) is 3.98. The minimum absolute atomic E-state index is 0.251. The van der Waals surface area contributed by atoms with Gasteiger partial charge in [-0.2, -0.15) is 0 Å². The number of sulfone groups is 1. The molecule has 0 saturated carbocycles. The SMILES string of the molecule is CCNC(CCc1ccncc1)CCS(C)(=O)=O. The van der Waals surface area contributed by atoms with E-state index >= 15 is 0 Å². The minimum Gasteiger partial charge on any atom is -0.314 e. The number of hydrogen-bond donors (Lipinski definition) is 1. The fourth-order valence-corrected chi connectivity index (χ4v) is 2.60. The third-order valence-electron chi connectivity index (χ3n) is 2.86. The molecule has 0 spiro atoms. The maximum Gasteiger partial charge on any atom is 0.147 e. The molecule has 0 aromatic carbocycles. The van der Waals surface area contributed by atoms with E-state index in [1.165, 1.54) is 11.8 Å². The molecule has 0 bridgehead atoms. The van der Waals surface area contributed by atoms with Gasteiger partial charge in [0.2, 0.25) is 0 Å². The van der Waals surface area contributed by atoms with E-state index in [-0.39, 0.29) is 11.8 Å². The predicted molar refractivity (Wildman–Crippen MR) is 74.4 cm³/mol. The van der Waals surface area contributed by atoms with Crippen LogP contribution in [0.25, 0.3) is 0 Å². The highest BCUT2D eigenvalue weighted by Gasteiger charge is 2.11. The van der Waals surface area contributed by atoms with Gasteiger partial charge in [-0.05, 0) is 43.5 Å². The van der Waals surface area contributed by atoms with E-state index in [9.17, 15) is 8.42 Å². The summed E-state index contributed by atoms with van der Waals surface area (Å²) < 4.78 is 22.4. The summed E-state index contributed by atoms with van der Waals surface area (Å²) in [5.41, 5.74) is 1.24. The normalized spacial score (nSPS) is 13.4. The van der Waals surface area contributed by atoms with Gasteiger partial charge in [-0.3, -0.25) is 4.98 Å². The Kier molecular flexibility index (Phi) is 6.29. The molecular weight excluding hydrogens is 248 g/mol. The van der Waals surface area contributed by atoms with E-state index in [4.69, 9.17) is 0 Å². The highest BCUT2D eigenvalue weighted by molar-refractivity contribution is 7.90. The lowest BCUT2D eigenvalue weighted by Gasteiger charge is -2.17. The first-order chi connectivity index (χ1) is 8.51. The van der Waals surface area contributed by atoms with E-state index in [0.717, 1.165) is 19.4 Å². The molecule has 1 rings (SSSR count). The number of pyridine rings is 1. The molecule has 0 radical (unpaired) electrons. The highest BCUT2D eigenvalue weighted by Crippen LogP contribution is 2.07. The van der Waals surface area contributed by atoms with Crippen molar-refractivity contribution in [2.24, 2.45) is 0 Å². The van der Waals surface area contributed by atoms with E-state index in [1.807, 2.05) is 19.1 Å². The average Bonchev–Trinajstić information content (AvgIpc) is 2.33. The summed E-state index contributed by atoms with van der Waals surface area (Å²) >= 11 is 0. The van der Waals surface area contributed by atoms with Crippen LogP contribution in [0.2, 0.25) is 0 Å². The fourth-order valence-electron chi connectivity index (χ4n) is 1.88. The summed E-state index contributed by atoms with van der Waals surface area (Å²) in [6, 6.07) is 4.26. The van der Waals surface area contributed by atoms with Gasteiger partial charge in [0.1, 0.15) is 9.84 Å². The first-order valence-corrected chi connectivity index (χ1v) is 8.37. The Hall–Kier alpha value is -0.940. The number of nitrogens with one attached hydrogen (secondary N) is 1. The molecule has 1 N–H and O–H groups in total. The van der Waals surface area contributed by atoms with Gasteiger partial charge >= 0.3 is 0 Å². The van der Waals surface area contributed by atoms with Gasteiger partial charge in [0.15, 0.2) is 0 Å². The number of aryl methyl sites for hydroxylation is 1. The lowest BCUT2D eigenvalue weighted by Crippen LogP contribution is -2.31. The standard InChI is InChI=1S/C13H22N2O2S/c1-3-15-13(8-11-18(2,16)17)5-4-12-6-9-14-10-7-12/h6-7,9-10,13,15H,3-5,8,11H2,1-2H3. The second kappa shape index (κ2) is 7.48. The molecule has 0 amide bonds. The van der Waals surface area contributed by atoms with Crippen molar-refractivity contribution in [3.05, 3.63) is 30.1 Å². The van der Waals surface area contributed by atoms with Crippen LogP contribution in [0.1, 0.15) is 25.3 Å². The van der Waals surface area contributed by atoms with Crippen LogP contribution >= 0.6 is 0 Å². The fraction of sp³-hybridized carbons (Fsp3) is 0.615. The number of rotatable bonds is 8. The number of nitrogens with zero attached hydrogens (tertiary/aromatic N) is 1. The molecule has 0 aliphatic heterocycles. The number of aromatic nitrogens is 1. The molecular formula is C13H22N2O2S. The maximum atomic E-state index is 11.2. The van der Waals surface area contributed by atoms with Crippen molar-refractivity contribution in [1.29, 1.82) is 0 Å². The Bertz CT molecular complexity index is 432. The Morgan fingerprint density at radius 1 is 1.28 bits per heavy atom. The van der Waals surface area contributed by atoms with Crippen molar-refractivity contribution in [2.75, 3.05) is 18.6 Å². The minimum atomic E-state index is -2.87. The van der Waals surface area contributed by atoms with Crippen LogP contribution in [0, 0.1) is 0 Å². The van der Waals surface area contributed by atoms with Crippen LogP contribution in [0.5, 0.6) is 0 Å². The Labute approximate surface area is 110 Å². The van der Waals surface area contributed by atoms with Crippen LogP contribution in [0.4, 0.5) is 0 Å². The molecule has 0 fully saturated rings. The van der Waals surface area contributed by atoms with Gasteiger partial charge < -0.3 is 5.32 Å². The van der Waals surface area contributed by atoms with E-state index < -0.39 is 9.84 Å². The molecule has 4 nitrogen and oxygen atoms in total. The molecule has 0 aliphatic rings. The zero-order chi connectivity index (χ0) is 13.4. The zero-order valence-corrected chi connectivity index (χ0v) is 11.9. The maximum absolute atomic E-state index is 11.2. The predicted octanol–water partition coefficient (Wildman–Crippen LogP) is 1.43. The van der Waals surface area contributed by atoms with E-state index in [2.05, 4.69) is 10.3 Å². The van der Waals surface area contributed by atoms with Crippen LogP contribution in [0.15, 0.2) is 24.5 Å². The lowest BCUT2D eigenvalue weighted by atomic mass is 10.0. The Morgan fingerprint density at radius 3 is 2.50 bits per heavy atom. The first-order valence-electron chi connectivity index (χ1n) is 6.31. The summed E-state index contributed by atoms with van der Waals surface area (Å²) in [5.74, 6) is 0.251. The second-order valence-electron chi connectivity index (χ2n) is 4.57. The molecule has 18 heavy (non-hydrogen) atoms. The molecule has 1 unspecified atom stereocenters. The van der Waals surface area contributed by atoms with Crippen LogP contribution in [-0.2, 0) is 16.3 Å². The van der Waals surface area contributed by atoms with Crippen molar-refractivity contribution in [3.8, 4) is 0 Å². The van der Waals surface area contributed by atoms with Crippen LogP contribution in [0.3, 0.4) is 0 Å². The quantitative estimate of drug-likeness (QED) is 0.776. The Balaban J connectivity index is 2.43. The topological polar surface area (TPSA) is 59.1 Å². The van der Waals surface area contributed by atoms with Crippen molar-refractivity contribution < 1.29 is 8.42 Å². The second-order valence-corrected chi connectivity index (χ2v) is 6.83. The van der Waals surface area contributed by atoms with Crippen molar-refractivity contribution in [3.63, 3.8) is 0 Å². The van der Waals surface area contributed by atoms with Gasteiger partial charge in [-0.1, -0.05) is 6.92 Å². The van der Waals surface area contributed by atoms with Crippen LogP contribution < -0.4 is 5.32 Å². The smallest absolute Gasteiger partial charge is 0.147 e. The zero-order valence-electron chi connectivity index (χ0n) is 11.1. The number of hydrogen-bond acceptors (Lipinski definition) is 4. The molecule has 1 aromatic heterocycles. The largest absolute Gasteiger partial charge is 0.314 e. The third-order valence-corrected chi connectivity index (χ3v) is 3.84. The van der Waals surface area contributed by atoms with Crippen molar-refractivity contribution >= 4 is 9.84 Å². The molecule has 0 aliphatic carbocycles. The van der Waals surface area contributed by atoms with E-state index in [1.54, 1.807) is 12.4 Å². The van der Waals surface area contributed by atoms with Gasteiger partial charge in [-0.25, -0.2) is 8.42 Å². The van der Waals surface area contributed by atoms with Gasteiger partial charge in [0.05, 0.1) is 5.75 Å². The highest BCUT2D eigenvalue weighted by atomic mass is 32.2. The van der Waals surface area contributed by atoms with Crippen molar-refractivity contribution in [1.82, 2.24) is 10.3 Å². The summed E-state index contributed by atoms with van der Waals surface area (Å²) in [6.45, 7) is 2.91.